The van der Waals surface area contributed by atoms with Gasteiger partial charge in [0.25, 0.3) is 5.91 Å². The minimum absolute atomic E-state index is 0.0729. The molecule has 1 heterocycles. The Kier molecular flexibility index (Phi) is 5.13. The fourth-order valence-electron chi connectivity index (χ4n) is 1.66. The Bertz CT molecular complexity index is 568. The Labute approximate surface area is 125 Å². The van der Waals surface area contributed by atoms with Crippen LogP contribution in [-0.4, -0.2) is 12.5 Å². The molecule has 0 fully saturated rings. The summed E-state index contributed by atoms with van der Waals surface area (Å²) >= 11 is 4.78. The lowest BCUT2D eigenvalue weighted by Crippen LogP contribution is -2.13. The van der Waals surface area contributed by atoms with Gasteiger partial charge in [0.2, 0.25) is 0 Å². The predicted molar refractivity (Wildman–Crippen MR) is 83.8 cm³/mol. The molecular weight excluding hydrogens is 324 g/mol. The van der Waals surface area contributed by atoms with Crippen molar-refractivity contribution in [2.45, 2.75) is 13.5 Å². The molecule has 1 aromatic carbocycles. The van der Waals surface area contributed by atoms with Crippen LogP contribution in [0.25, 0.3) is 0 Å². The first-order valence-electron chi connectivity index (χ1n) is 6.05. The SMILES string of the molecule is CCNCc1cccc(NC(=O)c2ccc(Br)s2)c1. The largest absolute Gasteiger partial charge is 0.321 e. The molecule has 0 radical (unpaired) electrons. The van der Waals surface area contributed by atoms with E-state index in [9.17, 15) is 4.79 Å². The van der Waals surface area contributed by atoms with Gasteiger partial charge < -0.3 is 10.6 Å². The van der Waals surface area contributed by atoms with E-state index in [-0.39, 0.29) is 5.91 Å². The van der Waals surface area contributed by atoms with Gasteiger partial charge in [-0.3, -0.25) is 4.79 Å². The molecule has 5 heteroatoms. The average Bonchev–Trinajstić information content (AvgIpc) is 2.83. The average molecular weight is 339 g/mol. The van der Waals surface area contributed by atoms with Gasteiger partial charge in [-0.25, -0.2) is 0 Å². The van der Waals surface area contributed by atoms with Crippen molar-refractivity contribution in [3.05, 3.63) is 50.6 Å². The van der Waals surface area contributed by atoms with Crippen molar-refractivity contribution in [2.75, 3.05) is 11.9 Å². The maximum atomic E-state index is 12.0. The number of nitrogens with one attached hydrogen (secondary N) is 2. The van der Waals surface area contributed by atoms with E-state index < -0.39 is 0 Å². The summed E-state index contributed by atoms with van der Waals surface area (Å²) in [5, 5.41) is 6.17. The van der Waals surface area contributed by atoms with E-state index in [1.807, 2.05) is 36.4 Å². The molecule has 0 unspecified atom stereocenters. The smallest absolute Gasteiger partial charge is 0.265 e. The summed E-state index contributed by atoms with van der Waals surface area (Å²) in [7, 11) is 0. The summed E-state index contributed by atoms with van der Waals surface area (Å²) in [5.74, 6) is -0.0729. The summed E-state index contributed by atoms with van der Waals surface area (Å²) in [4.78, 5) is 12.7. The number of benzene rings is 1. The van der Waals surface area contributed by atoms with Gasteiger partial charge in [0, 0.05) is 12.2 Å². The molecule has 0 saturated heterocycles. The van der Waals surface area contributed by atoms with Gasteiger partial charge >= 0.3 is 0 Å². The zero-order valence-electron chi connectivity index (χ0n) is 10.6. The number of carbonyl (C=O) groups is 1. The van der Waals surface area contributed by atoms with Crippen LogP contribution >= 0.6 is 27.3 Å². The Morgan fingerprint density at radius 3 is 2.84 bits per heavy atom. The molecule has 2 N–H and O–H groups in total. The van der Waals surface area contributed by atoms with Crippen molar-refractivity contribution in [1.82, 2.24) is 5.32 Å². The highest BCUT2D eigenvalue weighted by molar-refractivity contribution is 9.11. The molecule has 2 aromatic rings. The fourth-order valence-corrected chi connectivity index (χ4v) is 2.94. The normalized spacial score (nSPS) is 10.4. The molecule has 2 rings (SSSR count). The quantitative estimate of drug-likeness (QED) is 0.868. The Morgan fingerprint density at radius 1 is 1.32 bits per heavy atom. The standard InChI is InChI=1S/C14H15BrN2OS/c1-2-16-9-10-4-3-5-11(8-10)17-14(18)12-6-7-13(15)19-12/h3-8,16H,2,9H2,1H3,(H,17,18). The maximum absolute atomic E-state index is 12.0. The third kappa shape index (κ3) is 4.16. The summed E-state index contributed by atoms with van der Waals surface area (Å²) < 4.78 is 0.957. The molecule has 1 aromatic heterocycles. The first-order chi connectivity index (χ1) is 9.19. The Hall–Kier alpha value is -1.17. The lowest BCUT2D eigenvalue weighted by molar-refractivity contribution is 0.103. The third-order valence-electron chi connectivity index (χ3n) is 2.56. The predicted octanol–water partition coefficient (Wildman–Crippen LogP) is 3.87. The van der Waals surface area contributed by atoms with E-state index in [0.29, 0.717) is 4.88 Å². The molecule has 0 atom stereocenters. The molecular formula is C14H15BrN2OS. The molecule has 0 aliphatic rings. The topological polar surface area (TPSA) is 41.1 Å². The van der Waals surface area contributed by atoms with Gasteiger partial charge in [0.15, 0.2) is 0 Å². The Balaban J connectivity index is 2.04. The highest BCUT2D eigenvalue weighted by Crippen LogP contribution is 2.23. The molecule has 1 amide bonds. The van der Waals surface area contributed by atoms with Gasteiger partial charge in [0.05, 0.1) is 8.66 Å². The third-order valence-corrected chi connectivity index (χ3v) is 4.18. The molecule has 0 spiro atoms. The van der Waals surface area contributed by atoms with Crippen LogP contribution in [0.3, 0.4) is 0 Å². The van der Waals surface area contributed by atoms with Crippen LogP contribution in [0.15, 0.2) is 40.2 Å². The zero-order valence-corrected chi connectivity index (χ0v) is 13.0. The number of hydrogen-bond acceptors (Lipinski definition) is 3. The number of halogens is 1. The van der Waals surface area contributed by atoms with Crippen molar-refractivity contribution in [3.8, 4) is 0 Å². The van der Waals surface area contributed by atoms with Gasteiger partial charge in [-0.1, -0.05) is 19.1 Å². The zero-order chi connectivity index (χ0) is 13.7. The van der Waals surface area contributed by atoms with E-state index in [2.05, 4.69) is 33.5 Å². The molecule has 3 nitrogen and oxygen atoms in total. The van der Waals surface area contributed by atoms with Gasteiger partial charge in [-0.2, -0.15) is 0 Å². The van der Waals surface area contributed by atoms with Crippen LogP contribution in [0.2, 0.25) is 0 Å². The van der Waals surface area contributed by atoms with Crippen LogP contribution < -0.4 is 10.6 Å². The monoisotopic (exact) mass is 338 g/mol. The van der Waals surface area contributed by atoms with E-state index >= 15 is 0 Å². The fraction of sp³-hybridized carbons (Fsp3) is 0.214. The number of anilines is 1. The maximum Gasteiger partial charge on any atom is 0.265 e. The van der Waals surface area contributed by atoms with Crippen molar-refractivity contribution in [3.63, 3.8) is 0 Å². The second-order valence-corrected chi connectivity index (χ2v) is 6.50. The van der Waals surface area contributed by atoms with Crippen LogP contribution in [0.4, 0.5) is 5.69 Å². The van der Waals surface area contributed by atoms with E-state index in [1.54, 1.807) is 0 Å². The van der Waals surface area contributed by atoms with E-state index in [4.69, 9.17) is 0 Å². The van der Waals surface area contributed by atoms with Crippen LogP contribution in [0, 0.1) is 0 Å². The lowest BCUT2D eigenvalue weighted by atomic mass is 10.2. The summed E-state index contributed by atoms with van der Waals surface area (Å²) in [6.45, 7) is 3.81. The highest BCUT2D eigenvalue weighted by atomic mass is 79.9. The highest BCUT2D eigenvalue weighted by Gasteiger charge is 2.08. The number of amides is 1. The lowest BCUT2D eigenvalue weighted by Gasteiger charge is -2.07. The molecule has 100 valence electrons. The van der Waals surface area contributed by atoms with Gasteiger partial charge in [-0.05, 0) is 52.3 Å². The second-order valence-electron chi connectivity index (χ2n) is 4.04. The number of thiophene rings is 1. The van der Waals surface area contributed by atoms with Gasteiger partial charge in [-0.15, -0.1) is 11.3 Å². The van der Waals surface area contributed by atoms with Crippen molar-refractivity contribution in [1.29, 1.82) is 0 Å². The summed E-state index contributed by atoms with van der Waals surface area (Å²) in [5.41, 5.74) is 1.98. The van der Waals surface area contributed by atoms with Crippen molar-refractivity contribution in [2.24, 2.45) is 0 Å². The van der Waals surface area contributed by atoms with Crippen LogP contribution in [-0.2, 0) is 6.54 Å². The Morgan fingerprint density at radius 2 is 2.16 bits per heavy atom. The van der Waals surface area contributed by atoms with Crippen LogP contribution in [0.5, 0.6) is 0 Å². The number of hydrogen-bond donors (Lipinski definition) is 2. The summed E-state index contributed by atoms with van der Waals surface area (Å²) in [6.07, 6.45) is 0. The molecule has 0 bridgehead atoms. The number of carbonyl (C=O) groups excluding carboxylic acids is 1. The molecule has 0 aliphatic carbocycles. The summed E-state index contributed by atoms with van der Waals surface area (Å²) in [6, 6.07) is 11.6. The molecule has 19 heavy (non-hydrogen) atoms. The molecule has 0 aliphatic heterocycles. The van der Waals surface area contributed by atoms with E-state index in [1.165, 1.54) is 11.3 Å². The first kappa shape index (κ1) is 14.2. The first-order valence-corrected chi connectivity index (χ1v) is 7.66. The van der Waals surface area contributed by atoms with Crippen molar-refractivity contribution >= 4 is 38.9 Å². The number of rotatable bonds is 5. The minimum atomic E-state index is -0.0729. The minimum Gasteiger partial charge on any atom is -0.321 e. The second kappa shape index (κ2) is 6.84. The van der Waals surface area contributed by atoms with Crippen molar-refractivity contribution < 1.29 is 4.79 Å². The molecule has 0 saturated carbocycles. The van der Waals surface area contributed by atoms with E-state index in [0.717, 1.165) is 28.1 Å². The van der Waals surface area contributed by atoms with Gasteiger partial charge in [0.1, 0.15) is 0 Å². The van der Waals surface area contributed by atoms with Crippen LogP contribution in [0.1, 0.15) is 22.2 Å².